The van der Waals surface area contributed by atoms with Crippen LogP contribution in [0.3, 0.4) is 0 Å². The van der Waals surface area contributed by atoms with Crippen LogP contribution in [-0.4, -0.2) is 5.91 Å². The summed E-state index contributed by atoms with van der Waals surface area (Å²) in [4.78, 5) is 12.1. The average molecular weight is 326 g/mol. The zero-order chi connectivity index (χ0) is 16.3. The van der Waals surface area contributed by atoms with E-state index >= 15 is 0 Å². The zero-order valence-electron chi connectivity index (χ0n) is 13.6. The monoisotopic (exact) mass is 325 g/mol. The van der Waals surface area contributed by atoms with E-state index in [1.165, 1.54) is 25.0 Å². The summed E-state index contributed by atoms with van der Waals surface area (Å²) < 4.78 is 13.4. The summed E-state index contributed by atoms with van der Waals surface area (Å²) in [5, 5.41) is 2.83. The number of anilines is 1. The van der Waals surface area contributed by atoms with E-state index in [1.807, 2.05) is 0 Å². The molecule has 0 radical (unpaired) electrons. The first kappa shape index (κ1) is 17.3. The van der Waals surface area contributed by atoms with Gasteiger partial charge in [-0.15, -0.1) is 0 Å². The van der Waals surface area contributed by atoms with Gasteiger partial charge in [-0.2, -0.15) is 0 Å². The molecule has 0 aromatic heterocycles. The number of benzene rings is 1. The first-order valence-corrected chi connectivity index (χ1v) is 8.38. The smallest absolute Gasteiger partial charge is 0.224 e. The van der Waals surface area contributed by atoms with Crippen LogP contribution < -0.4 is 5.32 Å². The SMILES string of the molecule is CC(C)(C)[C@H]1CC[C@@H](CC(=O)Nc2ccc(Cl)c(F)c2)CC1. The predicted octanol–water partition coefficient (Wildman–Crippen LogP) is 5.66. The van der Waals surface area contributed by atoms with E-state index < -0.39 is 5.82 Å². The van der Waals surface area contributed by atoms with Crippen LogP contribution in [0.4, 0.5) is 10.1 Å². The van der Waals surface area contributed by atoms with Crippen LogP contribution in [0.25, 0.3) is 0 Å². The van der Waals surface area contributed by atoms with Crippen LogP contribution >= 0.6 is 11.6 Å². The third-order valence-corrected chi connectivity index (χ3v) is 5.06. The van der Waals surface area contributed by atoms with Crippen molar-refractivity contribution in [3.63, 3.8) is 0 Å². The van der Waals surface area contributed by atoms with E-state index in [4.69, 9.17) is 11.6 Å². The maximum atomic E-state index is 13.4. The average Bonchev–Trinajstić information content (AvgIpc) is 2.42. The molecule has 1 aliphatic carbocycles. The van der Waals surface area contributed by atoms with Crippen molar-refractivity contribution in [3.8, 4) is 0 Å². The summed E-state index contributed by atoms with van der Waals surface area (Å²) in [6, 6.07) is 4.34. The molecule has 4 heteroatoms. The van der Waals surface area contributed by atoms with Gasteiger partial charge in [-0.05, 0) is 61.1 Å². The molecule has 2 rings (SSSR count). The molecule has 1 aliphatic rings. The van der Waals surface area contributed by atoms with Crippen molar-refractivity contribution in [1.29, 1.82) is 0 Å². The van der Waals surface area contributed by atoms with Gasteiger partial charge in [0.05, 0.1) is 5.02 Å². The minimum absolute atomic E-state index is 0.0408. The van der Waals surface area contributed by atoms with Crippen LogP contribution in [0.5, 0.6) is 0 Å². The molecular formula is C18H25ClFNO. The molecule has 22 heavy (non-hydrogen) atoms. The summed E-state index contributed by atoms with van der Waals surface area (Å²) in [6.45, 7) is 6.87. The lowest BCUT2D eigenvalue weighted by Crippen LogP contribution is -2.27. The van der Waals surface area contributed by atoms with Crippen molar-refractivity contribution < 1.29 is 9.18 Å². The Hall–Kier alpha value is -1.09. The lowest BCUT2D eigenvalue weighted by atomic mass is 9.69. The molecule has 1 fully saturated rings. The van der Waals surface area contributed by atoms with Crippen LogP contribution in [-0.2, 0) is 4.79 Å². The van der Waals surface area contributed by atoms with Gasteiger partial charge in [-0.3, -0.25) is 4.79 Å². The molecule has 122 valence electrons. The first-order valence-electron chi connectivity index (χ1n) is 8.00. The van der Waals surface area contributed by atoms with Crippen LogP contribution in [0, 0.1) is 23.1 Å². The second-order valence-corrected chi connectivity index (χ2v) is 7.87. The van der Waals surface area contributed by atoms with Gasteiger partial charge < -0.3 is 5.32 Å². The molecule has 0 aliphatic heterocycles. The summed E-state index contributed by atoms with van der Waals surface area (Å²) in [6.07, 6.45) is 5.10. The molecule has 1 saturated carbocycles. The number of hydrogen-bond donors (Lipinski definition) is 1. The van der Waals surface area contributed by atoms with Gasteiger partial charge >= 0.3 is 0 Å². The number of carbonyl (C=O) groups is 1. The van der Waals surface area contributed by atoms with Crippen molar-refractivity contribution in [1.82, 2.24) is 0 Å². The Balaban J connectivity index is 1.82. The van der Waals surface area contributed by atoms with E-state index in [0.717, 1.165) is 18.8 Å². The van der Waals surface area contributed by atoms with Crippen LogP contribution in [0.15, 0.2) is 18.2 Å². The highest BCUT2D eigenvalue weighted by Crippen LogP contribution is 2.40. The van der Waals surface area contributed by atoms with Gasteiger partial charge in [0.15, 0.2) is 0 Å². The third-order valence-electron chi connectivity index (χ3n) is 4.75. The predicted molar refractivity (Wildman–Crippen MR) is 89.6 cm³/mol. The number of halogens is 2. The first-order chi connectivity index (χ1) is 10.3. The summed E-state index contributed by atoms with van der Waals surface area (Å²) in [5.41, 5.74) is 0.823. The van der Waals surface area contributed by atoms with Crippen molar-refractivity contribution in [2.24, 2.45) is 17.3 Å². The van der Waals surface area contributed by atoms with E-state index in [0.29, 0.717) is 23.4 Å². The molecule has 0 saturated heterocycles. The second kappa shape index (κ2) is 6.99. The lowest BCUT2D eigenvalue weighted by Gasteiger charge is -2.36. The highest BCUT2D eigenvalue weighted by molar-refractivity contribution is 6.30. The topological polar surface area (TPSA) is 29.1 Å². The van der Waals surface area contributed by atoms with Crippen LogP contribution in [0.1, 0.15) is 52.9 Å². The molecule has 1 N–H and O–H groups in total. The molecule has 1 amide bonds. The molecule has 0 spiro atoms. The largest absolute Gasteiger partial charge is 0.326 e. The number of hydrogen-bond acceptors (Lipinski definition) is 1. The Bertz CT molecular complexity index is 530. The number of amides is 1. The van der Waals surface area contributed by atoms with Gasteiger partial charge in [-0.1, -0.05) is 32.4 Å². The number of rotatable bonds is 3. The van der Waals surface area contributed by atoms with Crippen molar-refractivity contribution in [3.05, 3.63) is 29.0 Å². The molecule has 1 aromatic carbocycles. The lowest BCUT2D eigenvalue weighted by molar-refractivity contribution is -0.117. The van der Waals surface area contributed by atoms with Gasteiger partial charge in [-0.25, -0.2) is 4.39 Å². The Morgan fingerprint density at radius 1 is 1.27 bits per heavy atom. The van der Waals surface area contributed by atoms with E-state index in [2.05, 4.69) is 26.1 Å². The fourth-order valence-corrected chi connectivity index (χ4v) is 3.40. The van der Waals surface area contributed by atoms with Gasteiger partial charge in [0.25, 0.3) is 0 Å². The fourth-order valence-electron chi connectivity index (χ4n) is 3.28. The highest BCUT2D eigenvalue weighted by atomic mass is 35.5. The van der Waals surface area contributed by atoms with E-state index in [-0.39, 0.29) is 10.9 Å². The third kappa shape index (κ3) is 4.70. The number of carbonyl (C=O) groups excluding carboxylic acids is 1. The quantitative estimate of drug-likeness (QED) is 0.763. The van der Waals surface area contributed by atoms with Crippen molar-refractivity contribution in [2.45, 2.75) is 52.9 Å². The Kier molecular flexibility index (Phi) is 5.49. The Morgan fingerprint density at radius 3 is 2.45 bits per heavy atom. The standard InChI is InChI=1S/C18H25ClFNO/c1-18(2,3)13-6-4-12(5-7-13)10-17(22)21-14-8-9-15(19)16(20)11-14/h8-9,11-13H,4-7,10H2,1-3H3,(H,21,22)/t12-,13+. The van der Waals surface area contributed by atoms with Crippen molar-refractivity contribution in [2.75, 3.05) is 5.32 Å². The minimum Gasteiger partial charge on any atom is -0.326 e. The van der Waals surface area contributed by atoms with Gasteiger partial charge in [0.1, 0.15) is 5.82 Å². The molecule has 0 unspecified atom stereocenters. The normalized spacial score (nSPS) is 22.4. The molecular weight excluding hydrogens is 301 g/mol. The Labute approximate surface area is 137 Å². The van der Waals surface area contributed by atoms with Crippen molar-refractivity contribution >= 4 is 23.2 Å². The molecule has 0 heterocycles. The highest BCUT2D eigenvalue weighted by Gasteiger charge is 2.30. The molecule has 2 nitrogen and oxygen atoms in total. The summed E-state index contributed by atoms with van der Waals surface area (Å²) >= 11 is 5.64. The zero-order valence-corrected chi connectivity index (χ0v) is 14.3. The molecule has 0 atom stereocenters. The van der Waals surface area contributed by atoms with Crippen LogP contribution in [0.2, 0.25) is 5.02 Å². The van der Waals surface area contributed by atoms with Gasteiger partial charge in [0.2, 0.25) is 5.91 Å². The van der Waals surface area contributed by atoms with E-state index in [1.54, 1.807) is 6.07 Å². The second-order valence-electron chi connectivity index (χ2n) is 7.46. The molecule has 1 aromatic rings. The molecule has 0 bridgehead atoms. The summed E-state index contributed by atoms with van der Waals surface area (Å²) in [5.74, 6) is 0.638. The minimum atomic E-state index is -0.509. The Morgan fingerprint density at radius 2 is 1.91 bits per heavy atom. The maximum Gasteiger partial charge on any atom is 0.224 e. The number of nitrogens with one attached hydrogen (secondary N) is 1. The summed E-state index contributed by atoms with van der Waals surface area (Å²) in [7, 11) is 0. The van der Waals surface area contributed by atoms with E-state index in [9.17, 15) is 9.18 Å². The maximum absolute atomic E-state index is 13.4. The van der Waals surface area contributed by atoms with Gasteiger partial charge in [0, 0.05) is 12.1 Å². The fraction of sp³-hybridized carbons (Fsp3) is 0.611.